The van der Waals surface area contributed by atoms with Crippen LogP contribution in [0, 0.1) is 0 Å². The molecule has 16 heavy (non-hydrogen) atoms. The third-order valence-electron chi connectivity index (χ3n) is 3.16. The fourth-order valence-electron chi connectivity index (χ4n) is 2.05. The predicted octanol–water partition coefficient (Wildman–Crippen LogP) is 0.450. The number of amides is 1. The summed E-state index contributed by atoms with van der Waals surface area (Å²) in [7, 11) is 0. The van der Waals surface area contributed by atoms with Crippen molar-refractivity contribution in [3.8, 4) is 0 Å². The zero-order valence-corrected chi connectivity index (χ0v) is 9.90. The van der Waals surface area contributed by atoms with Crippen LogP contribution in [-0.4, -0.2) is 47.1 Å². The van der Waals surface area contributed by atoms with Crippen molar-refractivity contribution < 1.29 is 14.7 Å². The van der Waals surface area contributed by atoms with Crippen molar-refractivity contribution in [2.75, 3.05) is 13.1 Å². The van der Waals surface area contributed by atoms with Gasteiger partial charge in [0, 0.05) is 25.6 Å². The number of carboxylic acid groups (broad SMARTS) is 1. The summed E-state index contributed by atoms with van der Waals surface area (Å²) in [5.74, 6) is -0.879. The minimum Gasteiger partial charge on any atom is -0.481 e. The normalized spacial score (nSPS) is 23.9. The van der Waals surface area contributed by atoms with Gasteiger partial charge in [-0.05, 0) is 19.8 Å². The molecular formula is C11H20N2O3. The van der Waals surface area contributed by atoms with E-state index in [4.69, 9.17) is 5.11 Å². The van der Waals surface area contributed by atoms with E-state index in [1.807, 2.05) is 0 Å². The van der Waals surface area contributed by atoms with Crippen LogP contribution in [0.5, 0.6) is 0 Å². The highest BCUT2D eigenvalue weighted by molar-refractivity contribution is 5.83. The first-order valence-corrected chi connectivity index (χ1v) is 5.81. The Labute approximate surface area is 95.8 Å². The lowest BCUT2D eigenvalue weighted by Crippen LogP contribution is -2.57. The van der Waals surface area contributed by atoms with Gasteiger partial charge in [-0.1, -0.05) is 6.92 Å². The highest BCUT2D eigenvalue weighted by Gasteiger charge is 2.31. The minimum atomic E-state index is -0.845. The fourth-order valence-corrected chi connectivity index (χ4v) is 2.05. The molecule has 5 nitrogen and oxygen atoms in total. The largest absolute Gasteiger partial charge is 0.481 e. The maximum atomic E-state index is 11.7. The van der Waals surface area contributed by atoms with Crippen LogP contribution in [0.3, 0.4) is 0 Å². The highest BCUT2D eigenvalue weighted by atomic mass is 16.4. The first-order valence-electron chi connectivity index (χ1n) is 5.81. The number of nitrogens with zero attached hydrogens (tertiary/aromatic N) is 1. The number of hydrogen-bond donors (Lipinski definition) is 2. The molecule has 2 unspecified atom stereocenters. The van der Waals surface area contributed by atoms with Crippen LogP contribution in [0.25, 0.3) is 0 Å². The van der Waals surface area contributed by atoms with Gasteiger partial charge in [-0.15, -0.1) is 0 Å². The van der Waals surface area contributed by atoms with E-state index in [1.54, 1.807) is 0 Å². The summed E-state index contributed by atoms with van der Waals surface area (Å²) < 4.78 is 0. The Morgan fingerprint density at radius 3 is 2.94 bits per heavy atom. The highest BCUT2D eigenvalue weighted by Crippen LogP contribution is 2.16. The number of carbonyl (C=O) groups is 2. The van der Waals surface area contributed by atoms with Gasteiger partial charge in [0.1, 0.15) is 0 Å². The average Bonchev–Trinajstić information content (AvgIpc) is 2.25. The first-order chi connectivity index (χ1) is 7.56. The predicted molar refractivity (Wildman–Crippen MR) is 60.1 cm³/mol. The van der Waals surface area contributed by atoms with Crippen molar-refractivity contribution in [2.24, 2.45) is 0 Å². The summed E-state index contributed by atoms with van der Waals surface area (Å²) in [6, 6.07) is 0.0460. The Hall–Kier alpha value is -1.10. The van der Waals surface area contributed by atoms with Crippen LogP contribution in [-0.2, 0) is 9.59 Å². The molecule has 0 radical (unpaired) electrons. The molecule has 0 aromatic carbocycles. The molecule has 1 aliphatic rings. The molecule has 92 valence electrons. The molecule has 1 amide bonds. The van der Waals surface area contributed by atoms with Crippen molar-refractivity contribution in [3.05, 3.63) is 0 Å². The summed E-state index contributed by atoms with van der Waals surface area (Å²) in [6.07, 6.45) is 1.41. The van der Waals surface area contributed by atoms with E-state index < -0.39 is 5.97 Å². The molecule has 1 saturated heterocycles. The number of carbonyl (C=O) groups excluding carboxylic acids is 1. The average molecular weight is 228 g/mol. The van der Waals surface area contributed by atoms with Crippen molar-refractivity contribution >= 4 is 11.9 Å². The van der Waals surface area contributed by atoms with Gasteiger partial charge in [-0.2, -0.15) is 0 Å². The Kier molecular flexibility index (Phi) is 4.73. The zero-order chi connectivity index (χ0) is 12.1. The first kappa shape index (κ1) is 13.0. The van der Waals surface area contributed by atoms with Crippen LogP contribution < -0.4 is 5.32 Å². The molecule has 2 atom stereocenters. The molecule has 1 aliphatic heterocycles. The molecule has 1 rings (SSSR count). The number of hydrogen-bond acceptors (Lipinski definition) is 3. The smallest absolute Gasteiger partial charge is 0.303 e. The molecule has 0 aromatic heterocycles. The van der Waals surface area contributed by atoms with Crippen molar-refractivity contribution in [2.45, 2.75) is 45.2 Å². The van der Waals surface area contributed by atoms with Gasteiger partial charge in [-0.25, -0.2) is 0 Å². The van der Waals surface area contributed by atoms with Crippen LogP contribution >= 0.6 is 0 Å². The van der Waals surface area contributed by atoms with E-state index in [9.17, 15) is 9.59 Å². The molecule has 2 N–H and O–H groups in total. The molecule has 5 heteroatoms. The van der Waals surface area contributed by atoms with E-state index in [0.29, 0.717) is 19.0 Å². The van der Waals surface area contributed by atoms with Gasteiger partial charge in [0.05, 0.1) is 6.04 Å². The van der Waals surface area contributed by atoms with Crippen LogP contribution in [0.2, 0.25) is 0 Å². The summed E-state index contributed by atoms with van der Waals surface area (Å²) in [5, 5.41) is 11.5. The molecule has 0 aliphatic carbocycles. The quantitative estimate of drug-likeness (QED) is 0.717. The van der Waals surface area contributed by atoms with E-state index in [2.05, 4.69) is 24.1 Å². The zero-order valence-electron chi connectivity index (χ0n) is 9.90. The number of piperazine rings is 1. The monoisotopic (exact) mass is 228 g/mol. The number of rotatable bonds is 5. The number of carboxylic acids is 1. The maximum Gasteiger partial charge on any atom is 0.303 e. The molecule has 1 heterocycles. The van der Waals surface area contributed by atoms with Crippen LogP contribution in [0.1, 0.15) is 33.1 Å². The molecule has 0 aromatic rings. The van der Waals surface area contributed by atoms with Gasteiger partial charge < -0.3 is 10.4 Å². The van der Waals surface area contributed by atoms with Crippen LogP contribution in [0.4, 0.5) is 0 Å². The Balaban J connectivity index is 2.63. The van der Waals surface area contributed by atoms with E-state index >= 15 is 0 Å². The topological polar surface area (TPSA) is 69.6 Å². The Morgan fingerprint density at radius 1 is 1.69 bits per heavy atom. The van der Waals surface area contributed by atoms with Crippen molar-refractivity contribution in [3.63, 3.8) is 0 Å². The lowest BCUT2D eigenvalue weighted by molar-refractivity contribution is -0.138. The van der Waals surface area contributed by atoms with Gasteiger partial charge >= 0.3 is 5.97 Å². The van der Waals surface area contributed by atoms with E-state index in [1.165, 1.54) is 0 Å². The van der Waals surface area contributed by atoms with Gasteiger partial charge in [0.2, 0.25) is 5.91 Å². The number of aliphatic carboxylic acids is 1. The molecule has 0 spiro atoms. The SMILES string of the molecule is CCC(C)N1CCNC(=O)C1CCC(=O)O. The number of nitrogens with one attached hydrogen (secondary N) is 1. The van der Waals surface area contributed by atoms with Crippen LogP contribution in [0.15, 0.2) is 0 Å². The summed E-state index contributed by atoms with van der Waals surface area (Å²) in [4.78, 5) is 24.3. The third kappa shape index (κ3) is 3.20. The third-order valence-corrected chi connectivity index (χ3v) is 3.16. The summed E-state index contributed by atoms with van der Waals surface area (Å²) >= 11 is 0. The van der Waals surface area contributed by atoms with Crippen molar-refractivity contribution in [1.29, 1.82) is 0 Å². The second-order valence-electron chi connectivity index (χ2n) is 4.23. The minimum absolute atomic E-state index is 0.0344. The van der Waals surface area contributed by atoms with E-state index in [0.717, 1.165) is 13.0 Å². The maximum absolute atomic E-state index is 11.7. The van der Waals surface area contributed by atoms with Gasteiger partial charge in [0.25, 0.3) is 0 Å². The Bertz CT molecular complexity index is 268. The summed E-state index contributed by atoms with van der Waals surface area (Å²) in [5.41, 5.74) is 0. The molecule has 0 bridgehead atoms. The molecule has 0 saturated carbocycles. The Morgan fingerprint density at radius 2 is 2.38 bits per heavy atom. The summed E-state index contributed by atoms with van der Waals surface area (Å²) in [6.45, 7) is 5.62. The van der Waals surface area contributed by atoms with Gasteiger partial charge in [-0.3, -0.25) is 14.5 Å². The lowest BCUT2D eigenvalue weighted by Gasteiger charge is -2.38. The lowest BCUT2D eigenvalue weighted by atomic mass is 10.0. The standard InChI is InChI=1S/C11H20N2O3/c1-3-8(2)13-7-6-12-11(16)9(13)4-5-10(14)15/h8-9H,3-7H2,1-2H3,(H,12,16)(H,14,15). The second kappa shape index (κ2) is 5.84. The van der Waals surface area contributed by atoms with Gasteiger partial charge in [0.15, 0.2) is 0 Å². The second-order valence-corrected chi connectivity index (χ2v) is 4.23. The fraction of sp³-hybridized carbons (Fsp3) is 0.818. The molecule has 1 fully saturated rings. The van der Waals surface area contributed by atoms with Crippen molar-refractivity contribution in [1.82, 2.24) is 10.2 Å². The molecular weight excluding hydrogens is 208 g/mol. The van der Waals surface area contributed by atoms with E-state index in [-0.39, 0.29) is 18.4 Å².